The van der Waals surface area contributed by atoms with Crippen LogP contribution in [0.1, 0.15) is 46.1 Å². The molecule has 3 heterocycles. The smallest absolute Gasteiger partial charge is 0.257 e. The Labute approximate surface area is 164 Å². The summed E-state index contributed by atoms with van der Waals surface area (Å²) in [5.41, 5.74) is 2.45. The van der Waals surface area contributed by atoms with E-state index in [1.807, 2.05) is 42.5 Å². The van der Waals surface area contributed by atoms with Crippen LogP contribution in [-0.4, -0.2) is 43.5 Å². The van der Waals surface area contributed by atoms with Crippen molar-refractivity contribution in [2.24, 2.45) is 0 Å². The van der Waals surface area contributed by atoms with Crippen LogP contribution in [-0.2, 0) is 6.54 Å². The third-order valence-corrected chi connectivity index (χ3v) is 5.28. The Morgan fingerprint density at radius 2 is 2.18 bits per heavy atom. The van der Waals surface area contributed by atoms with E-state index in [-0.39, 0.29) is 17.6 Å². The first kappa shape index (κ1) is 18.2. The Hall–Kier alpha value is -3.15. The summed E-state index contributed by atoms with van der Waals surface area (Å²) in [5, 5.41) is 10.1. The average molecular weight is 376 g/mol. The van der Waals surface area contributed by atoms with Gasteiger partial charge in [-0.2, -0.15) is 0 Å². The number of imidazole rings is 1. The number of carbonyl (C=O) groups excluding carboxylic acids is 1. The first-order chi connectivity index (χ1) is 13.6. The summed E-state index contributed by atoms with van der Waals surface area (Å²) in [6.07, 6.45) is 9.34. The third-order valence-electron chi connectivity index (χ3n) is 5.28. The fourth-order valence-corrected chi connectivity index (χ4v) is 3.87. The Morgan fingerprint density at radius 1 is 1.29 bits per heavy atom. The number of hydrogen-bond acceptors (Lipinski definition) is 4. The maximum absolute atomic E-state index is 13.0. The molecular weight excluding hydrogens is 352 g/mol. The highest BCUT2D eigenvalue weighted by atomic mass is 16.3. The molecule has 1 saturated heterocycles. The van der Waals surface area contributed by atoms with E-state index in [4.69, 9.17) is 0 Å². The van der Waals surface area contributed by atoms with E-state index in [0.29, 0.717) is 25.2 Å². The number of benzene rings is 1. The minimum absolute atomic E-state index is 0.0378. The van der Waals surface area contributed by atoms with Crippen molar-refractivity contribution >= 4 is 5.91 Å². The molecule has 0 bridgehead atoms. The molecule has 1 amide bonds. The molecule has 0 radical (unpaired) electrons. The van der Waals surface area contributed by atoms with Crippen LogP contribution in [0, 0.1) is 6.92 Å². The molecule has 1 N–H and O–H groups in total. The summed E-state index contributed by atoms with van der Waals surface area (Å²) in [6, 6.07) is 9.13. The molecule has 6 heteroatoms. The molecule has 1 fully saturated rings. The van der Waals surface area contributed by atoms with Gasteiger partial charge < -0.3 is 14.6 Å². The maximum Gasteiger partial charge on any atom is 0.257 e. The van der Waals surface area contributed by atoms with Gasteiger partial charge in [-0.15, -0.1) is 0 Å². The van der Waals surface area contributed by atoms with E-state index >= 15 is 0 Å². The van der Waals surface area contributed by atoms with Crippen molar-refractivity contribution in [3.8, 4) is 5.75 Å². The van der Waals surface area contributed by atoms with E-state index in [9.17, 15) is 9.90 Å². The van der Waals surface area contributed by atoms with Crippen molar-refractivity contribution in [2.75, 3.05) is 13.1 Å². The van der Waals surface area contributed by atoms with Gasteiger partial charge in [-0.05, 0) is 43.5 Å². The van der Waals surface area contributed by atoms with E-state index in [2.05, 4.69) is 14.5 Å². The largest absolute Gasteiger partial charge is 0.507 e. The number of piperidine rings is 1. The zero-order chi connectivity index (χ0) is 19.5. The quantitative estimate of drug-likeness (QED) is 0.758. The molecule has 0 saturated carbocycles. The van der Waals surface area contributed by atoms with Gasteiger partial charge in [0.1, 0.15) is 11.6 Å². The lowest BCUT2D eigenvalue weighted by atomic mass is 9.96. The molecule has 3 aromatic rings. The van der Waals surface area contributed by atoms with Gasteiger partial charge in [-0.25, -0.2) is 4.98 Å². The molecule has 6 nitrogen and oxygen atoms in total. The SMILES string of the molecule is Cc1ccc(O)c(C(=O)N2CCCC(c3nccn3Cc3cccnc3)C2)c1. The topological polar surface area (TPSA) is 71.2 Å². The fraction of sp³-hybridized carbons (Fsp3) is 0.318. The second-order valence-electron chi connectivity index (χ2n) is 7.39. The second-order valence-corrected chi connectivity index (χ2v) is 7.39. The fourth-order valence-electron chi connectivity index (χ4n) is 3.87. The zero-order valence-corrected chi connectivity index (χ0v) is 16.0. The number of likely N-dealkylation sites (tertiary alicyclic amines) is 1. The molecule has 1 aliphatic heterocycles. The van der Waals surface area contributed by atoms with Crippen molar-refractivity contribution in [3.05, 3.63) is 77.6 Å². The Kier molecular flexibility index (Phi) is 5.10. The predicted molar refractivity (Wildman–Crippen MR) is 106 cm³/mol. The minimum atomic E-state index is -0.115. The lowest BCUT2D eigenvalue weighted by Crippen LogP contribution is -2.39. The van der Waals surface area contributed by atoms with Gasteiger partial charge in [-0.3, -0.25) is 9.78 Å². The van der Waals surface area contributed by atoms with Crippen molar-refractivity contribution < 1.29 is 9.90 Å². The number of aromatic hydroxyl groups is 1. The minimum Gasteiger partial charge on any atom is -0.507 e. The highest BCUT2D eigenvalue weighted by Crippen LogP contribution is 2.29. The number of phenolic OH excluding ortho intramolecular Hbond substituents is 1. The molecular formula is C22H24N4O2. The number of pyridine rings is 1. The van der Waals surface area contributed by atoms with E-state index in [1.54, 1.807) is 24.4 Å². The van der Waals surface area contributed by atoms with Crippen LogP contribution in [0.3, 0.4) is 0 Å². The molecule has 0 spiro atoms. The molecule has 1 unspecified atom stereocenters. The summed E-state index contributed by atoms with van der Waals surface area (Å²) >= 11 is 0. The summed E-state index contributed by atoms with van der Waals surface area (Å²) in [7, 11) is 0. The summed E-state index contributed by atoms with van der Waals surface area (Å²) < 4.78 is 2.14. The van der Waals surface area contributed by atoms with Crippen LogP contribution in [0.15, 0.2) is 55.1 Å². The zero-order valence-electron chi connectivity index (χ0n) is 16.0. The van der Waals surface area contributed by atoms with Crippen molar-refractivity contribution in [2.45, 2.75) is 32.2 Å². The van der Waals surface area contributed by atoms with Crippen LogP contribution in [0.4, 0.5) is 0 Å². The summed E-state index contributed by atoms with van der Waals surface area (Å²) in [4.78, 5) is 23.6. The first-order valence-corrected chi connectivity index (χ1v) is 9.60. The molecule has 4 rings (SSSR count). The average Bonchev–Trinajstić information content (AvgIpc) is 3.18. The molecule has 1 atom stereocenters. The lowest BCUT2D eigenvalue weighted by Gasteiger charge is -2.33. The van der Waals surface area contributed by atoms with E-state index in [0.717, 1.165) is 29.8 Å². The van der Waals surface area contributed by atoms with E-state index < -0.39 is 0 Å². The van der Waals surface area contributed by atoms with Gasteiger partial charge in [0.25, 0.3) is 5.91 Å². The number of carbonyl (C=O) groups is 1. The van der Waals surface area contributed by atoms with Crippen molar-refractivity contribution in [1.29, 1.82) is 0 Å². The van der Waals surface area contributed by atoms with Crippen LogP contribution in [0.25, 0.3) is 0 Å². The van der Waals surface area contributed by atoms with Crippen molar-refractivity contribution in [1.82, 2.24) is 19.4 Å². The maximum atomic E-state index is 13.0. The first-order valence-electron chi connectivity index (χ1n) is 9.60. The number of phenols is 1. The molecule has 28 heavy (non-hydrogen) atoms. The van der Waals surface area contributed by atoms with Gasteiger partial charge in [0.15, 0.2) is 0 Å². The monoisotopic (exact) mass is 376 g/mol. The Balaban J connectivity index is 1.53. The van der Waals surface area contributed by atoms with Crippen molar-refractivity contribution in [3.63, 3.8) is 0 Å². The number of hydrogen-bond donors (Lipinski definition) is 1. The second kappa shape index (κ2) is 7.84. The standard InChI is InChI=1S/C22H24N4O2/c1-16-6-7-20(27)19(12-16)22(28)26-10-3-5-18(15-26)21-24-9-11-25(21)14-17-4-2-8-23-13-17/h2,4,6-9,11-13,18,27H,3,5,10,14-15H2,1H3. The Morgan fingerprint density at radius 3 is 3.00 bits per heavy atom. The molecule has 1 aromatic carbocycles. The number of amides is 1. The summed E-state index contributed by atoms with van der Waals surface area (Å²) in [6.45, 7) is 3.94. The van der Waals surface area contributed by atoms with Crippen LogP contribution >= 0.6 is 0 Å². The molecule has 2 aromatic heterocycles. The van der Waals surface area contributed by atoms with Gasteiger partial charge in [-0.1, -0.05) is 17.7 Å². The van der Waals surface area contributed by atoms with Crippen LogP contribution in [0.5, 0.6) is 5.75 Å². The lowest BCUT2D eigenvalue weighted by molar-refractivity contribution is 0.0700. The molecule has 1 aliphatic rings. The summed E-state index contributed by atoms with van der Waals surface area (Å²) in [5.74, 6) is 1.10. The Bertz CT molecular complexity index is 968. The highest BCUT2D eigenvalue weighted by Gasteiger charge is 2.29. The highest BCUT2D eigenvalue weighted by molar-refractivity contribution is 5.97. The van der Waals surface area contributed by atoms with E-state index in [1.165, 1.54) is 0 Å². The molecule has 144 valence electrons. The van der Waals surface area contributed by atoms with Gasteiger partial charge in [0.05, 0.1) is 12.1 Å². The predicted octanol–water partition coefficient (Wildman–Crippen LogP) is 3.36. The van der Waals surface area contributed by atoms with Gasteiger partial charge >= 0.3 is 0 Å². The normalized spacial score (nSPS) is 16.9. The van der Waals surface area contributed by atoms with Gasteiger partial charge in [0.2, 0.25) is 0 Å². The number of aromatic nitrogens is 3. The van der Waals surface area contributed by atoms with Crippen LogP contribution in [0.2, 0.25) is 0 Å². The number of rotatable bonds is 4. The van der Waals surface area contributed by atoms with Gasteiger partial charge in [0, 0.05) is 43.8 Å². The number of aryl methyl sites for hydroxylation is 1. The molecule has 0 aliphatic carbocycles. The van der Waals surface area contributed by atoms with Crippen LogP contribution < -0.4 is 0 Å². The third kappa shape index (κ3) is 3.76. The number of nitrogens with zero attached hydrogens (tertiary/aromatic N) is 4.